The van der Waals surface area contributed by atoms with Crippen LogP contribution in [0.15, 0.2) is 70.9 Å². The van der Waals surface area contributed by atoms with Gasteiger partial charge in [-0.25, -0.2) is 4.79 Å². The Labute approximate surface area is 202 Å². The molecule has 35 heavy (non-hydrogen) atoms. The molecule has 0 saturated heterocycles. The van der Waals surface area contributed by atoms with E-state index in [1.165, 1.54) is 30.3 Å². The molecule has 2 aromatic carbocycles. The van der Waals surface area contributed by atoms with Crippen molar-refractivity contribution in [1.82, 2.24) is 0 Å². The molecule has 0 aliphatic carbocycles. The van der Waals surface area contributed by atoms with Crippen LogP contribution in [-0.2, 0) is 19.1 Å². The van der Waals surface area contributed by atoms with Crippen LogP contribution in [0.3, 0.4) is 0 Å². The second-order valence-corrected chi connectivity index (χ2v) is 7.76. The number of nitro groups is 1. The van der Waals surface area contributed by atoms with Crippen molar-refractivity contribution in [2.45, 2.75) is 26.7 Å². The van der Waals surface area contributed by atoms with E-state index in [-0.39, 0.29) is 35.9 Å². The molecule has 0 aromatic heterocycles. The molecule has 0 fully saturated rings. The molecule has 1 heterocycles. The summed E-state index contributed by atoms with van der Waals surface area (Å²) in [6.45, 7) is 5.20. The van der Waals surface area contributed by atoms with Gasteiger partial charge in [0.05, 0.1) is 29.4 Å². The van der Waals surface area contributed by atoms with E-state index in [4.69, 9.17) is 9.47 Å². The van der Waals surface area contributed by atoms with Crippen molar-refractivity contribution in [3.8, 4) is 5.75 Å². The van der Waals surface area contributed by atoms with E-state index >= 15 is 0 Å². The highest BCUT2D eigenvalue weighted by molar-refractivity contribution is 6.07. The van der Waals surface area contributed by atoms with E-state index < -0.39 is 28.7 Å². The van der Waals surface area contributed by atoms with Crippen molar-refractivity contribution in [3.05, 3.63) is 87.1 Å². The van der Waals surface area contributed by atoms with Crippen LogP contribution in [0.2, 0.25) is 0 Å². The molecule has 2 atom stereocenters. The van der Waals surface area contributed by atoms with Crippen LogP contribution in [0.4, 0.5) is 5.69 Å². The lowest BCUT2D eigenvalue weighted by atomic mass is 9.75. The van der Waals surface area contributed by atoms with Gasteiger partial charge in [0.15, 0.2) is 0 Å². The van der Waals surface area contributed by atoms with Gasteiger partial charge in [-0.1, -0.05) is 30.3 Å². The fraction of sp³-hybridized carbons (Fsp3) is 0.269. The lowest BCUT2D eigenvalue weighted by molar-refractivity contribution is -0.384. The quantitative estimate of drug-likeness (QED) is 0.334. The van der Waals surface area contributed by atoms with Crippen LogP contribution in [0.5, 0.6) is 5.75 Å². The van der Waals surface area contributed by atoms with Crippen molar-refractivity contribution >= 4 is 29.4 Å². The average molecular weight is 479 g/mol. The monoisotopic (exact) mass is 478 g/mol. The number of rotatable bonds is 8. The van der Waals surface area contributed by atoms with E-state index in [2.05, 4.69) is 4.99 Å². The molecule has 9 nitrogen and oxygen atoms in total. The molecular formula is C26H26N2O7. The van der Waals surface area contributed by atoms with Gasteiger partial charge in [-0.05, 0) is 50.1 Å². The highest BCUT2D eigenvalue weighted by Gasteiger charge is 2.43. The van der Waals surface area contributed by atoms with Gasteiger partial charge in [-0.15, -0.1) is 0 Å². The number of aliphatic imine (C=N–C) groups is 1. The first-order valence-corrected chi connectivity index (χ1v) is 11.1. The zero-order valence-electron chi connectivity index (χ0n) is 19.6. The maximum Gasteiger partial charge on any atom is 0.336 e. The zero-order valence-corrected chi connectivity index (χ0v) is 19.6. The molecule has 0 saturated carbocycles. The van der Waals surface area contributed by atoms with E-state index in [0.29, 0.717) is 11.3 Å². The Morgan fingerprint density at radius 1 is 1.09 bits per heavy atom. The fourth-order valence-electron chi connectivity index (χ4n) is 3.94. The number of allylic oxidation sites excluding steroid dienone is 1. The van der Waals surface area contributed by atoms with Gasteiger partial charge < -0.3 is 14.6 Å². The van der Waals surface area contributed by atoms with Gasteiger partial charge in [0.1, 0.15) is 11.7 Å². The predicted octanol–water partition coefficient (Wildman–Crippen LogP) is 4.57. The van der Waals surface area contributed by atoms with Gasteiger partial charge in [0.25, 0.3) is 5.69 Å². The number of phenols is 1. The molecule has 0 spiro atoms. The minimum Gasteiger partial charge on any atom is -0.508 e. The van der Waals surface area contributed by atoms with E-state index in [1.54, 1.807) is 51.1 Å². The number of aromatic hydroxyl groups is 1. The van der Waals surface area contributed by atoms with Gasteiger partial charge in [-0.3, -0.25) is 19.9 Å². The summed E-state index contributed by atoms with van der Waals surface area (Å²) in [5.41, 5.74) is 1.74. The normalized spacial score (nSPS) is 17.7. The topological polar surface area (TPSA) is 128 Å². The molecule has 2 aromatic rings. The van der Waals surface area contributed by atoms with Crippen molar-refractivity contribution in [2.24, 2.45) is 10.9 Å². The molecule has 9 heteroatoms. The lowest BCUT2D eigenvalue weighted by Crippen LogP contribution is -2.36. The smallest absolute Gasteiger partial charge is 0.336 e. The Kier molecular flexibility index (Phi) is 8.14. The van der Waals surface area contributed by atoms with Crippen LogP contribution in [0.1, 0.15) is 37.8 Å². The van der Waals surface area contributed by atoms with Crippen LogP contribution in [-0.4, -0.2) is 40.9 Å². The molecule has 2 unspecified atom stereocenters. The van der Waals surface area contributed by atoms with E-state index in [1.807, 2.05) is 0 Å². The fourth-order valence-corrected chi connectivity index (χ4v) is 3.94. The van der Waals surface area contributed by atoms with Gasteiger partial charge in [0.2, 0.25) is 0 Å². The molecule has 0 bridgehead atoms. The summed E-state index contributed by atoms with van der Waals surface area (Å²) in [7, 11) is 0. The van der Waals surface area contributed by atoms with E-state index in [9.17, 15) is 24.8 Å². The molecule has 0 radical (unpaired) electrons. The SMILES string of the molecule is CCOC(=O)C1=C(C=Cc2ccc(O)cc2)N=C(C)C(C(=O)OCC)C1c1cccc([N+](=O)[O-])c1. The third kappa shape index (κ3) is 5.81. The first kappa shape index (κ1) is 25.4. The minimum atomic E-state index is -0.970. The number of hydrogen-bond acceptors (Lipinski definition) is 8. The number of non-ortho nitro benzene ring substituents is 1. The van der Waals surface area contributed by atoms with Crippen LogP contribution in [0.25, 0.3) is 6.08 Å². The van der Waals surface area contributed by atoms with Crippen LogP contribution >= 0.6 is 0 Å². The summed E-state index contributed by atoms with van der Waals surface area (Å²) in [4.78, 5) is 41.6. The summed E-state index contributed by atoms with van der Waals surface area (Å²) >= 11 is 0. The number of ether oxygens (including phenoxy) is 2. The highest BCUT2D eigenvalue weighted by atomic mass is 16.6. The largest absolute Gasteiger partial charge is 0.508 e. The Morgan fingerprint density at radius 2 is 1.77 bits per heavy atom. The number of esters is 2. The zero-order chi connectivity index (χ0) is 25.5. The summed E-state index contributed by atoms with van der Waals surface area (Å²) < 4.78 is 10.6. The first-order chi connectivity index (χ1) is 16.8. The second kappa shape index (κ2) is 11.2. The van der Waals surface area contributed by atoms with E-state index in [0.717, 1.165) is 5.56 Å². The maximum absolute atomic E-state index is 13.2. The Hall–Kier alpha value is -4.27. The van der Waals surface area contributed by atoms with Gasteiger partial charge >= 0.3 is 11.9 Å². The molecule has 1 N–H and O–H groups in total. The average Bonchev–Trinajstić information content (AvgIpc) is 2.83. The summed E-state index contributed by atoms with van der Waals surface area (Å²) in [6, 6.07) is 12.2. The van der Waals surface area contributed by atoms with Crippen molar-refractivity contribution in [1.29, 1.82) is 0 Å². The van der Waals surface area contributed by atoms with Crippen LogP contribution < -0.4 is 0 Å². The molecular weight excluding hydrogens is 452 g/mol. The number of benzene rings is 2. The molecule has 0 amide bonds. The summed E-state index contributed by atoms with van der Waals surface area (Å²) in [5.74, 6) is -3.04. The number of carbonyl (C=O) groups excluding carboxylic acids is 2. The standard InChI is InChI=1S/C26H26N2O7/c1-4-34-25(30)22-16(3)27-21(14-11-17-9-12-20(29)13-10-17)24(26(31)35-5-2)23(22)18-7-6-8-19(15-18)28(32)33/h6-15,22-23,29H,4-5H2,1-3H3. The minimum absolute atomic E-state index is 0.0890. The van der Waals surface area contributed by atoms with Gasteiger partial charge in [-0.2, -0.15) is 0 Å². The molecule has 182 valence electrons. The molecule has 1 aliphatic rings. The summed E-state index contributed by atoms with van der Waals surface area (Å²) in [5, 5.41) is 21.0. The van der Waals surface area contributed by atoms with Crippen molar-refractivity contribution in [2.75, 3.05) is 13.2 Å². The Morgan fingerprint density at radius 3 is 2.40 bits per heavy atom. The number of phenolic OH excluding ortho intramolecular Hbond substituents is 1. The number of nitrogens with zero attached hydrogens (tertiary/aromatic N) is 2. The second-order valence-electron chi connectivity index (χ2n) is 7.76. The predicted molar refractivity (Wildman–Crippen MR) is 130 cm³/mol. The summed E-state index contributed by atoms with van der Waals surface area (Å²) in [6.07, 6.45) is 3.33. The molecule has 3 rings (SSSR count). The van der Waals surface area contributed by atoms with Gasteiger partial charge in [0, 0.05) is 23.8 Å². The van der Waals surface area contributed by atoms with Crippen LogP contribution in [0, 0.1) is 16.0 Å². The van der Waals surface area contributed by atoms with Crippen molar-refractivity contribution < 1.29 is 29.1 Å². The number of nitro benzene ring substituents is 1. The number of hydrogen-bond donors (Lipinski definition) is 1. The maximum atomic E-state index is 13.2. The third-order valence-electron chi connectivity index (χ3n) is 5.47. The first-order valence-electron chi connectivity index (χ1n) is 11.1. The lowest BCUT2D eigenvalue weighted by Gasteiger charge is -2.31. The third-order valence-corrected chi connectivity index (χ3v) is 5.47. The van der Waals surface area contributed by atoms with Crippen molar-refractivity contribution in [3.63, 3.8) is 0 Å². The molecule has 1 aliphatic heterocycles. The highest BCUT2D eigenvalue weighted by Crippen LogP contribution is 2.41. The Bertz CT molecular complexity index is 1210. The Balaban J connectivity index is 2.23. The number of carbonyl (C=O) groups is 2.